The van der Waals surface area contributed by atoms with Gasteiger partial charge in [-0.3, -0.25) is 9.59 Å². The summed E-state index contributed by atoms with van der Waals surface area (Å²) in [5.41, 5.74) is -1.07. The molecule has 0 aliphatic rings. The maximum atomic E-state index is 11.8. The van der Waals surface area contributed by atoms with Crippen LogP contribution in [0.4, 0.5) is 9.59 Å². The van der Waals surface area contributed by atoms with Crippen LogP contribution in [0.15, 0.2) is 0 Å². The molecule has 5 N–H and O–H groups in total. The number of ether oxygens (including phenoxy) is 2. The van der Waals surface area contributed by atoms with Crippen molar-refractivity contribution in [2.45, 2.75) is 78.4 Å². The standard InChI is InChI=1S/C22H43N5O6/c1-21(2,3)32-19(30)26-13-7-11-24-17(28)9-15-23-16-10-18(29)25-12-8-14-27-20(31)33-22(4,5)6/h23H,7-16H2,1-6H3,(H,24,28)(H,25,29)(H,26,30)(H,27,31). The maximum absolute atomic E-state index is 11.8. The second-order valence-corrected chi connectivity index (χ2v) is 9.51. The molecule has 0 saturated heterocycles. The van der Waals surface area contributed by atoms with Gasteiger partial charge in [-0.1, -0.05) is 0 Å². The van der Waals surface area contributed by atoms with E-state index in [0.717, 1.165) is 0 Å². The van der Waals surface area contributed by atoms with Gasteiger partial charge in [0.2, 0.25) is 11.8 Å². The summed E-state index contributed by atoms with van der Waals surface area (Å²) in [6, 6.07) is 0. The van der Waals surface area contributed by atoms with E-state index in [1.54, 1.807) is 41.5 Å². The molecule has 0 atom stereocenters. The minimum absolute atomic E-state index is 0.0956. The average molecular weight is 474 g/mol. The summed E-state index contributed by atoms with van der Waals surface area (Å²) >= 11 is 0. The molecule has 0 aromatic heterocycles. The second-order valence-electron chi connectivity index (χ2n) is 9.51. The van der Waals surface area contributed by atoms with Crippen molar-refractivity contribution in [3.8, 4) is 0 Å². The molecule has 33 heavy (non-hydrogen) atoms. The third-order valence-corrected chi connectivity index (χ3v) is 3.75. The lowest BCUT2D eigenvalue weighted by molar-refractivity contribution is -0.121. The van der Waals surface area contributed by atoms with Crippen molar-refractivity contribution in [1.29, 1.82) is 0 Å². The molecule has 0 aliphatic carbocycles. The molecule has 0 aromatic rings. The highest BCUT2D eigenvalue weighted by Crippen LogP contribution is 2.06. The first-order chi connectivity index (χ1) is 15.3. The maximum Gasteiger partial charge on any atom is 0.407 e. The van der Waals surface area contributed by atoms with Gasteiger partial charge in [-0.15, -0.1) is 0 Å². The molecule has 0 aliphatic heterocycles. The number of nitrogens with one attached hydrogen (secondary N) is 5. The molecule has 0 heterocycles. The van der Waals surface area contributed by atoms with Gasteiger partial charge in [0.05, 0.1) is 0 Å². The highest BCUT2D eigenvalue weighted by molar-refractivity contribution is 5.76. The second kappa shape index (κ2) is 16.1. The quantitative estimate of drug-likeness (QED) is 0.240. The van der Waals surface area contributed by atoms with Gasteiger partial charge in [-0.05, 0) is 54.4 Å². The molecule has 11 nitrogen and oxygen atoms in total. The molecule has 0 bridgehead atoms. The van der Waals surface area contributed by atoms with E-state index in [1.165, 1.54) is 0 Å². The zero-order chi connectivity index (χ0) is 25.3. The van der Waals surface area contributed by atoms with Gasteiger partial charge in [0.1, 0.15) is 11.2 Å². The summed E-state index contributed by atoms with van der Waals surface area (Å²) in [5, 5.41) is 13.9. The predicted octanol–water partition coefficient (Wildman–Crippen LogP) is 1.42. The Morgan fingerprint density at radius 3 is 1.21 bits per heavy atom. The van der Waals surface area contributed by atoms with Crippen molar-refractivity contribution in [3.05, 3.63) is 0 Å². The minimum Gasteiger partial charge on any atom is -0.444 e. The largest absolute Gasteiger partial charge is 0.444 e. The summed E-state index contributed by atoms with van der Waals surface area (Å²) in [6.45, 7) is 13.4. The summed E-state index contributed by atoms with van der Waals surface area (Å²) in [4.78, 5) is 46.5. The van der Waals surface area contributed by atoms with Crippen LogP contribution in [0.25, 0.3) is 0 Å². The lowest BCUT2D eigenvalue weighted by atomic mass is 10.2. The van der Waals surface area contributed by atoms with E-state index in [9.17, 15) is 19.2 Å². The summed E-state index contributed by atoms with van der Waals surface area (Å²) in [5.74, 6) is -0.191. The zero-order valence-corrected chi connectivity index (χ0v) is 21.0. The summed E-state index contributed by atoms with van der Waals surface area (Å²) < 4.78 is 10.2. The number of rotatable bonds is 14. The fourth-order valence-corrected chi connectivity index (χ4v) is 2.35. The van der Waals surface area contributed by atoms with E-state index in [2.05, 4.69) is 26.6 Å². The van der Waals surface area contributed by atoms with Crippen LogP contribution in [0.5, 0.6) is 0 Å². The van der Waals surface area contributed by atoms with E-state index in [4.69, 9.17) is 9.47 Å². The Labute approximate surface area is 197 Å². The molecule has 0 aromatic carbocycles. The van der Waals surface area contributed by atoms with Crippen LogP contribution >= 0.6 is 0 Å². The first-order valence-electron chi connectivity index (χ1n) is 11.5. The van der Waals surface area contributed by atoms with Gasteiger partial charge in [0.15, 0.2) is 0 Å². The number of alkyl carbamates (subject to hydrolysis) is 2. The fourth-order valence-electron chi connectivity index (χ4n) is 2.35. The van der Waals surface area contributed by atoms with Gasteiger partial charge in [0, 0.05) is 52.1 Å². The molecule has 4 amide bonds. The van der Waals surface area contributed by atoms with Crippen molar-refractivity contribution in [3.63, 3.8) is 0 Å². The molecular formula is C22H43N5O6. The Balaban J connectivity index is 3.55. The molecule has 0 fully saturated rings. The Kier molecular flexibility index (Phi) is 14.9. The topological polar surface area (TPSA) is 147 Å². The Bertz CT molecular complexity index is 561. The first kappa shape index (κ1) is 30.4. The Hall–Kier alpha value is -2.56. The monoisotopic (exact) mass is 473 g/mol. The first-order valence-corrected chi connectivity index (χ1v) is 11.5. The lowest BCUT2D eigenvalue weighted by Crippen LogP contribution is -2.35. The fraction of sp³-hybridized carbons (Fsp3) is 0.818. The van der Waals surface area contributed by atoms with E-state index < -0.39 is 23.4 Å². The number of hydrogen-bond acceptors (Lipinski definition) is 7. The molecule has 0 radical (unpaired) electrons. The van der Waals surface area contributed by atoms with Crippen LogP contribution in [0.1, 0.15) is 67.2 Å². The number of carbonyl (C=O) groups excluding carboxylic acids is 4. The van der Waals surface area contributed by atoms with Gasteiger partial charge in [-0.25, -0.2) is 9.59 Å². The Morgan fingerprint density at radius 2 is 0.879 bits per heavy atom. The molecule has 0 saturated carbocycles. The van der Waals surface area contributed by atoms with Crippen molar-refractivity contribution in [1.82, 2.24) is 26.6 Å². The van der Waals surface area contributed by atoms with Crippen molar-refractivity contribution in [2.24, 2.45) is 0 Å². The predicted molar refractivity (Wildman–Crippen MR) is 126 cm³/mol. The van der Waals surface area contributed by atoms with Crippen LogP contribution in [0.2, 0.25) is 0 Å². The van der Waals surface area contributed by atoms with Crippen molar-refractivity contribution in [2.75, 3.05) is 39.3 Å². The normalized spacial score (nSPS) is 11.3. The number of carbonyl (C=O) groups is 4. The van der Waals surface area contributed by atoms with Gasteiger partial charge < -0.3 is 36.1 Å². The van der Waals surface area contributed by atoms with Crippen LogP contribution in [0.3, 0.4) is 0 Å². The van der Waals surface area contributed by atoms with Crippen molar-refractivity contribution < 1.29 is 28.7 Å². The van der Waals surface area contributed by atoms with Crippen LogP contribution in [-0.2, 0) is 19.1 Å². The third kappa shape index (κ3) is 22.4. The molecule has 0 unspecified atom stereocenters. The van der Waals surface area contributed by atoms with Crippen LogP contribution in [0, 0.1) is 0 Å². The molecule has 0 spiro atoms. The molecule has 0 rings (SSSR count). The number of amides is 4. The molecule has 11 heteroatoms. The Morgan fingerprint density at radius 1 is 0.545 bits per heavy atom. The summed E-state index contributed by atoms with van der Waals surface area (Å²) in [7, 11) is 0. The van der Waals surface area contributed by atoms with Gasteiger partial charge in [-0.2, -0.15) is 0 Å². The highest BCUT2D eigenvalue weighted by Gasteiger charge is 2.16. The third-order valence-electron chi connectivity index (χ3n) is 3.75. The zero-order valence-electron chi connectivity index (χ0n) is 21.0. The van der Waals surface area contributed by atoms with E-state index in [-0.39, 0.29) is 11.8 Å². The van der Waals surface area contributed by atoms with Gasteiger partial charge in [0.25, 0.3) is 0 Å². The SMILES string of the molecule is CC(C)(C)OC(=O)NCCCNC(=O)CCNCCC(=O)NCCCNC(=O)OC(C)(C)C. The van der Waals surface area contributed by atoms with Gasteiger partial charge >= 0.3 is 12.2 Å². The van der Waals surface area contributed by atoms with Crippen molar-refractivity contribution >= 4 is 24.0 Å². The molecule has 192 valence electrons. The van der Waals surface area contributed by atoms with Crippen LogP contribution < -0.4 is 26.6 Å². The molecular weight excluding hydrogens is 430 g/mol. The summed E-state index contributed by atoms with van der Waals surface area (Å²) in [6.07, 6.45) is 0.867. The van der Waals surface area contributed by atoms with E-state index in [1.807, 2.05) is 0 Å². The number of hydrogen-bond donors (Lipinski definition) is 5. The lowest BCUT2D eigenvalue weighted by Gasteiger charge is -2.19. The smallest absolute Gasteiger partial charge is 0.407 e. The minimum atomic E-state index is -0.535. The highest BCUT2D eigenvalue weighted by atomic mass is 16.6. The van der Waals surface area contributed by atoms with Crippen LogP contribution in [-0.4, -0.2) is 74.5 Å². The average Bonchev–Trinajstić information content (AvgIpc) is 2.64. The van der Waals surface area contributed by atoms with E-state index in [0.29, 0.717) is 65.0 Å². The van der Waals surface area contributed by atoms with E-state index >= 15 is 0 Å².